The third-order valence-corrected chi connectivity index (χ3v) is 5.26. The van der Waals surface area contributed by atoms with Gasteiger partial charge < -0.3 is 0 Å². The topological polar surface area (TPSA) is 32.3 Å². The van der Waals surface area contributed by atoms with Crippen molar-refractivity contribution >= 4 is 38.9 Å². The number of hydrogen-bond donors (Lipinski definition) is 1. The lowest BCUT2D eigenvalue weighted by Crippen LogP contribution is -2.44. The molecule has 2 heterocycles. The number of halogens is 1. The van der Waals surface area contributed by atoms with E-state index in [1.54, 1.807) is 0 Å². The highest BCUT2D eigenvalue weighted by atomic mass is 35.5. The number of hydrogen-bond acceptors (Lipinski definition) is 3. The average molecular weight is 309 g/mol. The van der Waals surface area contributed by atoms with Crippen LogP contribution in [-0.4, -0.2) is 24.0 Å². The number of thiophene rings is 1. The molecule has 0 radical (unpaired) electrons. The third kappa shape index (κ3) is 2.68. The van der Waals surface area contributed by atoms with E-state index in [-0.39, 0.29) is 5.91 Å². The maximum absolute atomic E-state index is 12.4. The summed E-state index contributed by atoms with van der Waals surface area (Å²) in [6.07, 6.45) is 3.52. The summed E-state index contributed by atoms with van der Waals surface area (Å²) in [5.74, 6) is -0.0873. The van der Waals surface area contributed by atoms with E-state index in [1.807, 2.05) is 24.1 Å². The molecule has 1 aliphatic heterocycles. The number of nitrogens with zero attached hydrogens (tertiary/aromatic N) is 1. The number of benzene rings is 1. The van der Waals surface area contributed by atoms with Gasteiger partial charge in [0.05, 0.1) is 5.02 Å². The summed E-state index contributed by atoms with van der Waals surface area (Å²) in [5, 5.41) is 3.53. The smallest absolute Gasteiger partial charge is 0.277 e. The maximum atomic E-state index is 12.4. The summed E-state index contributed by atoms with van der Waals surface area (Å²) in [7, 11) is 0. The van der Waals surface area contributed by atoms with E-state index in [4.69, 9.17) is 11.6 Å². The van der Waals surface area contributed by atoms with Crippen molar-refractivity contribution in [2.45, 2.75) is 26.2 Å². The molecule has 3 rings (SSSR count). The molecule has 1 saturated heterocycles. The van der Waals surface area contributed by atoms with E-state index in [0.717, 1.165) is 36.0 Å². The van der Waals surface area contributed by atoms with Gasteiger partial charge in [0.2, 0.25) is 0 Å². The summed E-state index contributed by atoms with van der Waals surface area (Å²) in [4.78, 5) is 13.0. The Morgan fingerprint density at radius 3 is 2.80 bits per heavy atom. The van der Waals surface area contributed by atoms with Crippen molar-refractivity contribution in [3.05, 3.63) is 33.7 Å². The molecule has 1 aliphatic rings. The normalized spacial score (nSPS) is 16.5. The molecule has 2 aromatic rings. The maximum Gasteiger partial charge on any atom is 0.277 e. The molecule has 0 unspecified atom stereocenters. The summed E-state index contributed by atoms with van der Waals surface area (Å²) in [6.45, 7) is 3.89. The zero-order valence-electron chi connectivity index (χ0n) is 11.4. The first kappa shape index (κ1) is 13.9. The van der Waals surface area contributed by atoms with Crippen molar-refractivity contribution in [2.24, 2.45) is 0 Å². The molecule has 0 atom stereocenters. The van der Waals surface area contributed by atoms with Crippen molar-refractivity contribution in [2.75, 3.05) is 13.1 Å². The van der Waals surface area contributed by atoms with Gasteiger partial charge in [-0.05, 0) is 31.4 Å². The van der Waals surface area contributed by atoms with E-state index >= 15 is 0 Å². The van der Waals surface area contributed by atoms with E-state index in [0.29, 0.717) is 9.90 Å². The number of carbonyl (C=O) groups is 1. The van der Waals surface area contributed by atoms with Gasteiger partial charge in [0.1, 0.15) is 4.88 Å². The largest absolute Gasteiger partial charge is 0.284 e. The highest BCUT2D eigenvalue weighted by Crippen LogP contribution is 2.35. The number of carbonyl (C=O) groups excluding carboxylic acids is 1. The molecule has 3 nitrogen and oxygen atoms in total. The average Bonchev–Trinajstić information content (AvgIpc) is 2.76. The van der Waals surface area contributed by atoms with Gasteiger partial charge in [-0.15, -0.1) is 11.3 Å². The Morgan fingerprint density at radius 1 is 1.30 bits per heavy atom. The van der Waals surface area contributed by atoms with Crippen LogP contribution in [0, 0.1) is 6.92 Å². The second kappa shape index (κ2) is 5.72. The number of fused-ring (bicyclic) bond motifs is 1. The fraction of sp³-hybridized carbons (Fsp3) is 0.400. The Bertz CT molecular complexity index is 647. The fourth-order valence-corrected chi connectivity index (χ4v) is 4.02. The standard InChI is InChI=1S/C15H17ClN2OS/c1-10-5-6-11-12(9-10)20-14(13(11)16)15(19)17-18-7-3-2-4-8-18/h5-6,9H,2-4,7-8H2,1H3,(H,17,19). The van der Waals surface area contributed by atoms with Crippen molar-refractivity contribution < 1.29 is 4.79 Å². The summed E-state index contributed by atoms with van der Waals surface area (Å²) in [6, 6.07) is 6.08. The van der Waals surface area contributed by atoms with Crippen LogP contribution >= 0.6 is 22.9 Å². The monoisotopic (exact) mass is 308 g/mol. The Kier molecular flexibility index (Phi) is 3.96. The SMILES string of the molecule is Cc1ccc2c(Cl)c(C(=O)NN3CCCCC3)sc2c1. The molecule has 1 aromatic carbocycles. The van der Waals surface area contributed by atoms with Crippen molar-refractivity contribution in [1.82, 2.24) is 10.4 Å². The molecule has 1 aromatic heterocycles. The van der Waals surface area contributed by atoms with Crippen LogP contribution in [0.15, 0.2) is 18.2 Å². The van der Waals surface area contributed by atoms with Crippen LogP contribution in [0.3, 0.4) is 0 Å². The Balaban J connectivity index is 1.85. The molecule has 1 N–H and O–H groups in total. The summed E-state index contributed by atoms with van der Waals surface area (Å²) in [5.41, 5.74) is 4.15. The van der Waals surface area contributed by atoms with Gasteiger partial charge in [-0.3, -0.25) is 10.2 Å². The van der Waals surface area contributed by atoms with Crippen molar-refractivity contribution in [3.8, 4) is 0 Å². The molecule has 0 bridgehead atoms. The van der Waals surface area contributed by atoms with Gasteiger partial charge in [0.25, 0.3) is 5.91 Å². The Labute approximate surface area is 127 Å². The molecule has 1 amide bonds. The van der Waals surface area contributed by atoms with E-state index in [1.165, 1.54) is 23.3 Å². The lowest BCUT2D eigenvalue weighted by Gasteiger charge is -2.26. The van der Waals surface area contributed by atoms with Crippen molar-refractivity contribution in [3.63, 3.8) is 0 Å². The minimum Gasteiger partial charge on any atom is -0.284 e. The van der Waals surface area contributed by atoms with Crippen LogP contribution in [-0.2, 0) is 0 Å². The Morgan fingerprint density at radius 2 is 2.05 bits per heavy atom. The molecular weight excluding hydrogens is 292 g/mol. The second-order valence-corrected chi connectivity index (χ2v) is 6.66. The zero-order valence-corrected chi connectivity index (χ0v) is 13.0. The molecule has 1 fully saturated rings. The lowest BCUT2D eigenvalue weighted by atomic mass is 10.2. The van der Waals surface area contributed by atoms with Crippen LogP contribution < -0.4 is 5.43 Å². The van der Waals surface area contributed by atoms with Gasteiger partial charge in [0, 0.05) is 23.2 Å². The molecule has 0 aliphatic carbocycles. The van der Waals surface area contributed by atoms with Crippen LogP contribution in [0.2, 0.25) is 5.02 Å². The van der Waals surface area contributed by atoms with Gasteiger partial charge >= 0.3 is 0 Å². The number of amides is 1. The lowest BCUT2D eigenvalue weighted by molar-refractivity contribution is 0.0754. The van der Waals surface area contributed by atoms with E-state index in [2.05, 4.69) is 11.5 Å². The van der Waals surface area contributed by atoms with E-state index < -0.39 is 0 Å². The summed E-state index contributed by atoms with van der Waals surface area (Å²) >= 11 is 7.82. The van der Waals surface area contributed by atoms with Crippen LogP contribution in [0.1, 0.15) is 34.5 Å². The first-order valence-electron chi connectivity index (χ1n) is 6.90. The zero-order chi connectivity index (χ0) is 14.1. The second-order valence-electron chi connectivity index (χ2n) is 5.23. The quantitative estimate of drug-likeness (QED) is 0.909. The minimum absolute atomic E-state index is 0.0873. The molecule has 0 spiro atoms. The number of aryl methyl sites for hydroxylation is 1. The van der Waals surface area contributed by atoms with Crippen LogP contribution in [0.4, 0.5) is 0 Å². The summed E-state index contributed by atoms with van der Waals surface area (Å²) < 4.78 is 1.07. The van der Waals surface area contributed by atoms with Crippen molar-refractivity contribution in [1.29, 1.82) is 0 Å². The van der Waals surface area contributed by atoms with Crippen LogP contribution in [0.25, 0.3) is 10.1 Å². The minimum atomic E-state index is -0.0873. The number of hydrazine groups is 1. The van der Waals surface area contributed by atoms with Gasteiger partial charge in [0.15, 0.2) is 0 Å². The third-order valence-electron chi connectivity index (χ3n) is 3.61. The molecule has 106 valence electrons. The number of nitrogens with one attached hydrogen (secondary N) is 1. The van der Waals surface area contributed by atoms with E-state index in [9.17, 15) is 4.79 Å². The fourth-order valence-electron chi connectivity index (χ4n) is 2.52. The van der Waals surface area contributed by atoms with Gasteiger partial charge in [-0.2, -0.15) is 0 Å². The first-order valence-corrected chi connectivity index (χ1v) is 8.09. The number of rotatable bonds is 2. The number of piperidine rings is 1. The highest BCUT2D eigenvalue weighted by molar-refractivity contribution is 7.21. The van der Waals surface area contributed by atoms with Crippen LogP contribution in [0.5, 0.6) is 0 Å². The predicted octanol–water partition coefficient (Wildman–Crippen LogP) is 3.99. The predicted molar refractivity (Wildman–Crippen MR) is 84.5 cm³/mol. The molecular formula is C15H17ClN2OS. The Hall–Kier alpha value is -1.10. The highest BCUT2D eigenvalue weighted by Gasteiger charge is 2.20. The molecule has 5 heteroatoms. The molecule has 0 saturated carbocycles. The first-order chi connectivity index (χ1) is 9.65. The van der Waals surface area contributed by atoms with Gasteiger partial charge in [-0.25, -0.2) is 5.01 Å². The van der Waals surface area contributed by atoms with Gasteiger partial charge in [-0.1, -0.05) is 30.2 Å². The molecule has 20 heavy (non-hydrogen) atoms.